The van der Waals surface area contributed by atoms with Gasteiger partial charge >= 0.3 is 0 Å². The summed E-state index contributed by atoms with van der Waals surface area (Å²) < 4.78 is 17.8. The zero-order valence-corrected chi connectivity index (χ0v) is 22.6. The Hall–Kier alpha value is -4.06. The number of nitrogens with zero attached hydrogens (tertiary/aromatic N) is 1. The number of benzene rings is 3. The van der Waals surface area contributed by atoms with E-state index in [1.54, 1.807) is 12.0 Å². The molecule has 1 aliphatic heterocycles. The van der Waals surface area contributed by atoms with E-state index in [0.717, 1.165) is 40.7 Å². The van der Waals surface area contributed by atoms with E-state index < -0.39 is 6.04 Å². The van der Waals surface area contributed by atoms with Crippen LogP contribution in [0.4, 0.5) is 0 Å². The lowest BCUT2D eigenvalue weighted by Crippen LogP contribution is -2.29. The van der Waals surface area contributed by atoms with Crippen LogP contribution in [0.5, 0.6) is 11.5 Å². The van der Waals surface area contributed by atoms with Gasteiger partial charge in [-0.3, -0.25) is 9.59 Å². The van der Waals surface area contributed by atoms with Gasteiger partial charge in [0.2, 0.25) is 5.76 Å². The third-order valence-electron chi connectivity index (χ3n) is 7.13. The Morgan fingerprint density at radius 3 is 2.39 bits per heavy atom. The van der Waals surface area contributed by atoms with Crippen molar-refractivity contribution in [2.45, 2.75) is 53.1 Å². The standard InChI is InChI=1S/C32H33NO5/c1-6-7-14-37-25-13-12-23(17-26(25)36-5)28-27-29(34)24-16-20(3)15-21(4)30(24)38-31(27)32(35)33(28)18-22-10-8-19(2)9-11-22/h8-13,15-17,28H,6-7,14,18H2,1-5H3. The summed E-state index contributed by atoms with van der Waals surface area (Å²) in [6.45, 7) is 8.91. The number of ether oxygens (including phenoxy) is 2. The monoisotopic (exact) mass is 511 g/mol. The number of amides is 1. The van der Waals surface area contributed by atoms with Gasteiger partial charge in [0, 0.05) is 6.54 Å². The highest BCUT2D eigenvalue weighted by Gasteiger charge is 2.43. The van der Waals surface area contributed by atoms with E-state index in [2.05, 4.69) is 6.92 Å². The molecular formula is C32H33NO5. The molecule has 0 fully saturated rings. The summed E-state index contributed by atoms with van der Waals surface area (Å²) in [6, 6.07) is 16.9. The van der Waals surface area contributed by atoms with Gasteiger partial charge in [-0.1, -0.05) is 55.3 Å². The van der Waals surface area contributed by atoms with Gasteiger partial charge in [0.25, 0.3) is 5.91 Å². The van der Waals surface area contributed by atoms with Gasteiger partial charge in [-0.2, -0.15) is 0 Å². The number of carbonyl (C=O) groups excluding carboxylic acids is 1. The highest BCUT2D eigenvalue weighted by molar-refractivity contribution is 5.99. The number of hydrogen-bond donors (Lipinski definition) is 0. The van der Waals surface area contributed by atoms with Gasteiger partial charge in [-0.25, -0.2) is 0 Å². The first-order chi connectivity index (χ1) is 18.3. The van der Waals surface area contributed by atoms with Crippen LogP contribution in [0.3, 0.4) is 0 Å². The summed E-state index contributed by atoms with van der Waals surface area (Å²) in [7, 11) is 1.59. The Kier molecular flexibility index (Phi) is 6.98. The number of carbonyl (C=O) groups is 1. The maximum atomic E-state index is 14.0. The van der Waals surface area contributed by atoms with Crippen LogP contribution in [0.25, 0.3) is 11.0 Å². The molecule has 0 aliphatic carbocycles. The lowest BCUT2D eigenvalue weighted by atomic mass is 9.96. The number of unbranched alkanes of at least 4 members (excludes halogenated alkanes) is 1. The first kappa shape index (κ1) is 25.6. The van der Waals surface area contributed by atoms with Crippen molar-refractivity contribution in [3.63, 3.8) is 0 Å². The van der Waals surface area contributed by atoms with Crippen molar-refractivity contribution < 1.29 is 18.7 Å². The predicted molar refractivity (Wildman–Crippen MR) is 148 cm³/mol. The number of rotatable bonds is 8. The van der Waals surface area contributed by atoms with Crippen molar-refractivity contribution in [3.05, 3.63) is 104 Å². The van der Waals surface area contributed by atoms with Crippen LogP contribution in [0.2, 0.25) is 0 Å². The van der Waals surface area contributed by atoms with Crippen molar-refractivity contribution in [1.82, 2.24) is 4.90 Å². The molecule has 0 saturated carbocycles. The fraction of sp³-hybridized carbons (Fsp3) is 0.312. The lowest BCUT2D eigenvalue weighted by molar-refractivity contribution is 0.0714. The van der Waals surface area contributed by atoms with Crippen molar-refractivity contribution in [2.75, 3.05) is 13.7 Å². The fourth-order valence-electron chi connectivity index (χ4n) is 5.17. The Bertz CT molecular complexity index is 1570. The molecule has 38 heavy (non-hydrogen) atoms. The molecule has 1 unspecified atom stereocenters. The first-order valence-electron chi connectivity index (χ1n) is 13.1. The molecule has 196 valence electrons. The predicted octanol–water partition coefficient (Wildman–Crippen LogP) is 6.65. The number of hydrogen-bond acceptors (Lipinski definition) is 5. The normalized spacial score (nSPS) is 14.7. The zero-order chi connectivity index (χ0) is 27.0. The van der Waals surface area contributed by atoms with Crippen LogP contribution >= 0.6 is 0 Å². The summed E-state index contributed by atoms with van der Waals surface area (Å²) in [4.78, 5) is 29.6. The molecule has 1 amide bonds. The van der Waals surface area contributed by atoms with Gasteiger partial charge in [-0.15, -0.1) is 0 Å². The van der Waals surface area contributed by atoms with Gasteiger partial charge in [0.1, 0.15) is 5.58 Å². The first-order valence-corrected chi connectivity index (χ1v) is 13.1. The molecule has 6 nitrogen and oxygen atoms in total. The third-order valence-corrected chi connectivity index (χ3v) is 7.13. The topological polar surface area (TPSA) is 69.0 Å². The SMILES string of the molecule is CCCCOc1ccc(C2c3c(oc4c(C)cc(C)cc4c3=O)C(=O)N2Cc2ccc(C)cc2)cc1OC. The molecule has 1 aromatic heterocycles. The van der Waals surface area contributed by atoms with E-state index in [1.165, 1.54) is 0 Å². The van der Waals surface area contributed by atoms with Gasteiger partial charge in [0.05, 0.1) is 30.7 Å². The number of fused-ring (bicyclic) bond motifs is 2. The Morgan fingerprint density at radius 2 is 1.68 bits per heavy atom. The van der Waals surface area contributed by atoms with Crippen molar-refractivity contribution >= 4 is 16.9 Å². The summed E-state index contributed by atoms with van der Waals surface area (Å²) in [5.74, 6) is 1.00. The van der Waals surface area contributed by atoms with E-state index in [0.29, 0.717) is 41.2 Å². The van der Waals surface area contributed by atoms with Crippen molar-refractivity contribution in [1.29, 1.82) is 0 Å². The van der Waals surface area contributed by atoms with E-state index in [1.807, 2.05) is 75.4 Å². The molecule has 0 saturated heterocycles. The quantitative estimate of drug-likeness (QED) is 0.248. The second-order valence-electron chi connectivity index (χ2n) is 10.1. The minimum Gasteiger partial charge on any atom is -0.493 e. The largest absolute Gasteiger partial charge is 0.493 e. The highest BCUT2D eigenvalue weighted by atomic mass is 16.5. The van der Waals surface area contributed by atoms with Crippen LogP contribution < -0.4 is 14.9 Å². The number of methoxy groups -OCH3 is 1. The smallest absolute Gasteiger partial charge is 0.291 e. The lowest BCUT2D eigenvalue weighted by Gasteiger charge is -2.26. The van der Waals surface area contributed by atoms with E-state index in [-0.39, 0.29) is 17.1 Å². The highest BCUT2D eigenvalue weighted by Crippen LogP contribution is 2.42. The Morgan fingerprint density at radius 1 is 0.921 bits per heavy atom. The molecule has 1 aliphatic rings. The molecule has 0 bridgehead atoms. The second kappa shape index (κ2) is 10.4. The maximum Gasteiger partial charge on any atom is 0.291 e. The molecule has 0 radical (unpaired) electrons. The minimum atomic E-state index is -0.626. The Labute approximate surface area is 222 Å². The Balaban J connectivity index is 1.68. The summed E-state index contributed by atoms with van der Waals surface area (Å²) in [5.41, 5.74) is 5.31. The molecule has 5 rings (SSSR count). The van der Waals surface area contributed by atoms with Crippen molar-refractivity contribution in [3.8, 4) is 11.5 Å². The van der Waals surface area contributed by atoms with E-state index >= 15 is 0 Å². The average Bonchev–Trinajstić information content (AvgIpc) is 3.18. The fourth-order valence-corrected chi connectivity index (χ4v) is 5.17. The third kappa shape index (κ3) is 4.55. The van der Waals surface area contributed by atoms with Gasteiger partial charge < -0.3 is 18.8 Å². The van der Waals surface area contributed by atoms with Gasteiger partial charge in [0.15, 0.2) is 16.9 Å². The summed E-state index contributed by atoms with van der Waals surface area (Å²) >= 11 is 0. The van der Waals surface area contributed by atoms with E-state index in [4.69, 9.17) is 13.9 Å². The molecule has 0 spiro atoms. The second-order valence-corrected chi connectivity index (χ2v) is 10.1. The van der Waals surface area contributed by atoms with Crippen LogP contribution in [0.1, 0.15) is 69.7 Å². The zero-order valence-electron chi connectivity index (χ0n) is 22.6. The maximum absolute atomic E-state index is 14.0. The van der Waals surface area contributed by atoms with Crippen LogP contribution in [0.15, 0.2) is 63.8 Å². The molecule has 6 heteroatoms. The van der Waals surface area contributed by atoms with Crippen LogP contribution in [-0.4, -0.2) is 24.5 Å². The van der Waals surface area contributed by atoms with Gasteiger partial charge in [-0.05, 0) is 67.6 Å². The molecule has 3 aromatic carbocycles. The summed E-state index contributed by atoms with van der Waals surface area (Å²) in [5, 5.41) is 0.489. The van der Waals surface area contributed by atoms with Crippen LogP contribution in [0, 0.1) is 20.8 Å². The minimum absolute atomic E-state index is 0.105. The molecule has 1 atom stereocenters. The average molecular weight is 512 g/mol. The van der Waals surface area contributed by atoms with E-state index in [9.17, 15) is 9.59 Å². The molecule has 0 N–H and O–H groups in total. The van der Waals surface area contributed by atoms with Crippen LogP contribution in [-0.2, 0) is 6.54 Å². The molecule has 2 heterocycles. The molecule has 4 aromatic rings. The van der Waals surface area contributed by atoms with Crippen molar-refractivity contribution in [2.24, 2.45) is 0 Å². The number of aryl methyl sites for hydroxylation is 3. The summed E-state index contributed by atoms with van der Waals surface area (Å²) in [6.07, 6.45) is 1.96. The molecular weight excluding hydrogens is 478 g/mol.